The van der Waals surface area contributed by atoms with Crippen LogP contribution in [-0.4, -0.2) is 70.3 Å². The summed E-state index contributed by atoms with van der Waals surface area (Å²) < 4.78 is 9.87. The Bertz CT molecular complexity index is 995. The third kappa shape index (κ3) is 5.52. The number of ether oxygens (including phenoxy) is 2. The SMILES string of the molecule is CCN1CCN(C(=O)NC(C(=O)O)c2cc(OC(C)=O)c(OC(C)=O)cc2Cl)C(=O)C1=O. The molecule has 2 N–H and O–H groups in total. The molecule has 1 aliphatic rings. The molecule has 1 aromatic rings. The van der Waals surface area contributed by atoms with Crippen molar-refractivity contribution in [1.29, 1.82) is 0 Å². The number of piperazine rings is 1. The van der Waals surface area contributed by atoms with E-state index in [1.165, 1.54) is 4.90 Å². The average molecular weight is 470 g/mol. The van der Waals surface area contributed by atoms with E-state index in [9.17, 15) is 33.9 Å². The van der Waals surface area contributed by atoms with Crippen molar-refractivity contribution in [2.24, 2.45) is 0 Å². The average Bonchev–Trinajstić information content (AvgIpc) is 2.69. The monoisotopic (exact) mass is 469 g/mol. The summed E-state index contributed by atoms with van der Waals surface area (Å²) in [4.78, 5) is 73.2. The number of hydrogen-bond donors (Lipinski definition) is 2. The molecule has 1 saturated heterocycles. The number of aliphatic carboxylic acids is 1. The number of nitrogens with one attached hydrogen (secondary N) is 1. The molecule has 1 atom stereocenters. The number of benzene rings is 1. The minimum Gasteiger partial charge on any atom is -0.479 e. The van der Waals surface area contributed by atoms with Gasteiger partial charge in [0.15, 0.2) is 17.5 Å². The maximum Gasteiger partial charge on any atom is 0.331 e. The minimum absolute atomic E-state index is 0.0979. The van der Waals surface area contributed by atoms with Crippen molar-refractivity contribution in [3.63, 3.8) is 0 Å². The highest BCUT2D eigenvalue weighted by atomic mass is 35.5. The predicted molar refractivity (Wildman–Crippen MR) is 107 cm³/mol. The molecule has 2 rings (SSSR count). The Labute approximate surface area is 187 Å². The highest BCUT2D eigenvalue weighted by Gasteiger charge is 2.37. The fraction of sp³-hybridized carbons (Fsp3) is 0.368. The maximum atomic E-state index is 12.6. The van der Waals surface area contributed by atoms with Crippen molar-refractivity contribution >= 4 is 47.4 Å². The summed E-state index contributed by atoms with van der Waals surface area (Å²) in [5.74, 6) is -5.64. The van der Waals surface area contributed by atoms with Gasteiger partial charge in [-0.25, -0.2) is 9.59 Å². The number of amides is 4. The number of carboxylic acids is 1. The topological polar surface area (TPSA) is 160 Å². The van der Waals surface area contributed by atoms with Crippen molar-refractivity contribution in [3.8, 4) is 11.5 Å². The van der Waals surface area contributed by atoms with E-state index >= 15 is 0 Å². The Morgan fingerprint density at radius 2 is 1.62 bits per heavy atom. The minimum atomic E-state index is -1.79. The summed E-state index contributed by atoms with van der Waals surface area (Å²) >= 11 is 6.13. The first-order valence-electron chi connectivity index (χ1n) is 9.30. The lowest BCUT2D eigenvalue weighted by Crippen LogP contribution is -2.58. The van der Waals surface area contributed by atoms with Crippen LogP contribution in [-0.2, 0) is 24.0 Å². The van der Waals surface area contributed by atoms with Gasteiger partial charge in [0.2, 0.25) is 0 Å². The van der Waals surface area contributed by atoms with E-state index in [0.29, 0.717) is 4.90 Å². The number of esters is 2. The van der Waals surface area contributed by atoms with Crippen LogP contribution in [0.15, 0.2) is 12.1 Å². The molecule has 0 spiro atoms. The fourth-order valence-electron chi connectivity index (χ4n) is 2.89. The third-order valence-electron chi connectivity index (χ3n) is 4.33. The van der Waals surface area contributed by atoms with Crippen LogP contribution < -0.4 is 14.8 Å². The summed E-state index contributed by atoms with van der Waals surface area (Å²) in [6.07, 6.45) is 0. The molecule has 0 aromatic heterocycles. The van der Waals surface area contributed by atoms with Crippen LogP contribution in [0, 0.1) is 0 Å². The van der Waals surface area contributed by atoms with Crippen LogP contribution in [0.25, 0.3) is 0 Å². The number of halogens is 1. The zero-order chi connectivity index (χ0) is 24.2. The molecule has 12 nitrogen and oxygen atoms in total. The van der Waals surface area contributed by atoms with Crippen LogP contribution in [0.5, 0.6) is 11.5 Å². The van der Waals surface area contributed by atoms with Gasteiger partial charge in [0.05, 0.1) is 5.02 Å². The number of carbonyl (C=O) groups excluding carboxylic acids is 5. The number of imide groups is 1. The lowest BCUT2D eigenvalue weighted by molar-refractivity contribution is -0.153. The highest BCUT2D eigenvalue weighted by molar-refractivity contribution is 6.38. The maximum absolute atomic E-state index is 12.6. The molecule has 0 aliphatic carbocycles. The summed E-state index contributed by atoms with van der Waals surface area (Å²) in [6, 6.07) is -0.848. The van der Waals surface area contributed by atoms with Gasteiger partial charge in [-0.05, 0) is 13.0 Å². The van der Waals surface area contributed by atoms with E-state index in [1.54, 1.807) is 6.92 Å². The standard InChI is InChI=1S/C19H20ClN3O9/c1-4-22-5-6-23(17(27)16(22)26)19(30)21-15(18(28)29)11-7-13(31-9(2)24)14(8-12(11)20)32-10(3)25/h7-8,15H,4-6H2,1-3H3,(H,21,30)(H,28,29). The molecule has 172 valence electrons. The molecule has 1 aromatic carbocycles. The molecule has 4 amide bonds. The largest absolute Gasteiger partial charge is 0.479 e. The second-order valence-corrected chi connectivity index (χ2v) is 6.98. The van der Waals surface area contributed by atoms with Crippen LogP contribution in [0.1, 0.15) is 32.4 Å². The first-order chi connectivity index (χ1) is 15.0. The molecule has 1 aliphatic heterocycles. The van der Waals surface area contributed by atoms with Crippen molar-refractivity contribution < 1.29 is 43.3 Å². The second-order valence-electron chi connectivity index (χ2n) is 6.57. The van der Waals surface area contributed by atoms with Gasteiger partial charge in [0.25, 0.3) is 0 Å². The van der Waals surface area contributed by atoms with E-state index in [1.807, 2.05) is 0 Å². The number of rotatable bonds is 6. The molecule has 0 saturated carbocycles. The van der Waals surface area contributed by atoms with Gasteiger partial charge in [-0.15, -0.1) is 0 Å². The van der Waals surface area contributed by atoms with Gasteiger partial charge in [-0.2, -0.15) is 0 Å². The van der Waals surface area contributed by atoms with E-state index in [4.69, 9.17) is 21.1 Å². The molecule has 1 heterocycles. The normalized spacial score (nSPS) is 14.6. The van der Waals surface area contributed by atoms with Gasteiger partial charge in [-0.1, -0.05) is 11.6 Å². The third-order valence-corrected chi connectivity index (χ3v) is 4.66. The van der Waals surface area contributed by atoms with Crippen LogP contribution in [0.3, 0.4) is 0 Å². The number of hydrogen-bond acceptors (Lipinski definition) is 8. The number of carbonyl (C=O) groups is 6. The molecular formula is C19H20ClN3O9. The lowest BCUT2D eigenvalue weighted by atomic mass is 10.1. The van der Waals surface area contributed by atoms with Crippen molar-refractivity contribution in [3.05, 3.63) is 22.7 Å². The Kier molecular flexibility index (Phi) is 7.76. The number of likely N-dealkylation sites (N-methyl/N-ethyl adjacent to an activating group) is 1. The lowest BCUT2D eigenvalue weighted by Gasteiger charge is -2.32. The summed E-state index contributed by atoms with van der Waals surface area (Å²) in [6.45, 7) is 4.08. The quantitative estimate of drug-likeness (QED) is 0.347. The Morgan fingerprint density at radius 3 is 2.12 bits per heavy atom. The van der Waals surface area contributed by atoms with Crippen molar-refractivity contribution in [1.82, 2.24) is 15.1 Å². The number of carboxylic acid groups (broad SMARTS) is 1. The van der Waals surface area contributed by atoms with Gasteiger partial charge in [-0.3, -0.25) is 24.1 Å². The zero-order valence-electron chi connectivity index (χ0n) is 17.3. The van der Waals surface area contributed by atoms with E-state index in [0.717, 1.165) is 26.0 Å². The van der Waals surface area contributed by atoms with Gasteiger partial charge in [0.1, 0.15) is 0 Å². The first-order valence-corrected chi connectivity index (χ1v) is 9.68. The summed E-state index contributed by atoms with van der Waals surface area (Å²) in [5, 5.41) is 11.5. The summed E-state index contributed by atoms with van der Waals surface area (Å²) in [7, 11) is 0. The molecule has 0 radical (unpaired) electrons. The smallest absolute Gasteiger partial charge is 0.331 e. The summed E-state index contributed by atoms with van der Waals surface area (Å²) in [5.41, 5.74) is -0.217. The molecule has 0 bridgehead atoms. The first kappa shape index (κ1) is 24.6. The van der Waals surface area contributed by atoms with Crippen LogP contribution in [0.2, 0.25) is 5.02 Å². The zero-order valence-corrected chi connectivity index (χ0v) is 18.1. The van der Waals surface area contributed by atoms with Gasteiger partial charge >= 0.3 is 35.8 Å². The Balaban J connectivity index is 2.37. The second kappa shape index (κ2) is 10.1. The van der Waals surface area contributed by atoms with Crippen molar-refractivity contribution in [2.75, 3.05) is 19.6 Å². The molecule has 1 unspecified atom stereocenters. The van der Waals surface area contributed by atoms with Gasteiger partial charge in [0, 0.05) is 45.1 Å². The van der Waals surface area contributed by atoms with Crippen LogP contribution in [0.4, 0.5) is 4.79 Å². The van der Waals surface area contributed by atoms with E-state index < -0.39 is 41.8 Å². The van der Waals surface area contributed by atoms with E-state index in [2.05, 4.69) is 5.32 Å². The number of urea groups is 1. The molecule has 32 heavy (non-hydrogen) atoms. The van der Waals surface area contributed by atoms with E-state index in [-0.39, 0.29) is 41.7 Å². The van der Waals surface area contributed by atoms with Gasteiger partial charge < -0.3 is 24.8 Å². The Hall–Kier alpha value is -3.67. The predicted octanol–water partition coefficient (Wildman–Crippen LogP) is 0.717. The number of nitrogens with zero attached hydrogens (tertiary/aromatic N) is 2. The fourth-order valence-corrected chi connectivity index (χ4v) is 3.15. The highest BCUT2D eigenvalue weighted by Crippen LogP contribution is 2.37. The molecule has 1 fully saturated rings. The van der Waals surface area contributed by atoms with Crippen molar-refractivity contribution in [2.45, 2.75) is 26.8 Å². The Morgan fingerprint density at radius 1 is 1.06 bits per heavy atom. The molecular weight excluding hydrogens is 450 g/mol. The molecule has 13 heteroatoms. The van der Waals surface area contributed by atoms with Crippen LogP contribution >= 0.6 is 11.6 Å².